The zero-order valence-electron chi connectivity index (χ0n) is 22.0. The Morgan fingerprint density at radius 2 is 1.54 bits per heavy atom. The van der Waals surface area contributed by atoms with Crippen LogP contribution in [0.3, 0.4) is 0 Å². The van der Waals surface area contributed by atoms with Crippen LogP contribution in [0.25, 0.3) is 16.6 Å². The fourth-order valence-corrected chi connectivity index (χ4v) is 5.01. The molecule has 0 unspecified atom stereocenters. The molecular weight excluding hydrogens is 551 g/mol. The number of ether oxygens (including phenoxy) is 3. The molecule has 1 aromatic heterocycles. The first-order chi connectivity index (χ1) is 19.5. The first kappa shape index (κ1) is 28.5. The van der Waals surface area contributed by atoms with Crippen molar-refractivity contribution in [3.05, 3.63) is 119 Å². The largest absolute Gasteiger partial charge is 1.00 e. The minimum absolute atomic E-state index is 0. The molecule has 41 heavy (non-hydrogen) atoms. The average molecular weight is 573 g/mol. The molecule has 1 aliphatic rings. The van der Waals surface area contributed by atoms with Crippen molar-refractivity contribution in [2.75, 3.05) is 6.79 Å². The van der Waals surface area contributed by atoms with Gasteiger partial charge in [-0.05, 0) is 59.2 Å². The summed E-state index contributed by atoms with van der Waals surface area (Å²) in [6.45, 7) is 0.469. The van der Waals surface area contributed by atoms with Gasteiger partial charge in [0.05, 0.1) is 17.7 Å². The van der Waals surface area contributed by atoms with Gasteiger partial charge in [-0.25, -0.2) is 0 Å². The topological polar surface area (TPSA) is 111 Å². The Morgan fingerprint density at radius 1 is 0.805 bits per heavy atom. The van der Waals surface area contributed by atoms with Gasteiger partial charge < -0.3 is 24.1 Å². The zero-order chi connectivity index (χ0) is 27.5. The Kier molecular flexibility index (Phi) is 8.80. The summed E-state index contributed by atoms with van der Waals surface area (Å²) in [5, 5.41) is 12.6. The minimum atomic E-state index is -1.46. The monoisotopic (exact) mass is 572 g/mol. The van der Waals surface area contributed by atoms with E-state index in [1.807, 2.05) is 42.5 Å². The summed E-state index contributed by atoms with van der Waals surface area (Å²) in [5.41, 5.74) is 3.39. The van der Waals surface area contributed by atoms with Gasteiger partial charge >= 0.3 is 29.6 Å². The van der Waals surface area contributed by atoms with Gasteiger partial charge in [-0.15, -0.1) is 0 Å². The second kappa shape index (κ2) is 12.7. The number of fused-ring (bicyclic) bond motifs is 2. The number of aliphatic carboxylic acids is 1. The van der Waals surface area contributed by atoms with Crippen LogP contribution >= 0.6 is 11.7 Å². The number of carbonyl (C=O) groups is 2. The number of nitrogens with zero attached hydrogens (tertiary/aromatic N) is 2. The van der Waals surface area contributed by atoms with E-state index in [4.69, 9.17) is 14.2 Å². The maximum absolute atomic E-state index is 13.9. The number of allylic oxidation sites excluding steroid dienone is 1. The molecule has 0 radical (unpaired) electrons. The van der Waals surface area contributed by atoms with E-state index in [9.17, 15) is 14.7 Å². The molecule has 5 aromatic rings. The van der Waals surface area contributed by atoms with Crippen molar-refractivity contribution in [2.45, 2.75) is 13.0 Å². The quantitative estimate of drug-likeness (QED) is 0.149. The molecule has 0 atom stereocenters. The summed E-state index contributed by atoms with van der Waals surface area (Å²) in [6.07, 6.45) is 0.0446. The molecule has 1 aliphatic heterocycles. The molecule has 10 heteroatoms. The van der Waals surface area contributed by atoms with Gasteiger partial charge in [0, 0.05) is 23.1 Å². The van der Waals surface area contributed by atoms with Crippen LogP contribution in [0.4, 0.5) is 0 Å². The standard InChI is InChI=1S/C31H22N2O6S.Na/c34-30(22-9-13-27-28(16-22)39-18-38-27)24(29(31(35)36)21-8-12-25-26(15-21)33-40-32-25)14-19-6-10-23(11-7-19)37-17-20-4-2-1-3-5-20;/h1-13,15-16H,14,17-18H2,(H,35,36);/q;+1/p-1. The van der Waals surface area contributed by atoms with Crippen LogP contribution in [0.15, 0.2) is 96.6 Å². The smallest absolute Gasteiger partial charge is 0.545 e. The molecular formula is C31H21N2NaO6S. The third-order valence-electron chi connectivity index (χ3n) is 6.51. The van der Waals surface area contributed by atoms with E-state index in [-0.39, 0.29) is 59.5 Å². The van der Waals surface area contributed by atoms with E-state index >= 15 is 0 Å². The summed E-state index contributed by atoms with van der Waals surface area (Å²) >= 11 is 1.03. The first-order valence-corrected chi connectivity index (χ1v) is 13.2. The number of hydrogen-bond acceptors (Lipinski definition) is 9. The van der Waals surface area contributed by atoms with E-state index in [2.05, 4.69) is 8.75 Å². The molecule has 198 valence electrons. The van der Waals surface area contributed by atoms with Crippen LogP contribution < -0.4 is 48.9 Å². The number of carbonyl (C=O) groups excluding carboxylic acids is 2. The number of ketones is 1. The van der Waals surface area contributed by atoms with Crippen LogP contribution in [0.5, 0.6) is 17.2 Å². The Morgan fingerprint density at radius 3 is 2.32 bits per heavy atom. The molecule has 8 nitrogen and oxygen atoms in total. The summed E-state index contributed by atoms with van der Waals surface area (Å²) < 4.78 is 25.1. The molecule has 0 N–H and O–H groups in total. The molecule has 0 bridgehead atoms. The SMILES string of the molecule is O=C([O-])C(=C(Cc1ccc(OCc2ccccc2)cc1)C(=O)c1ccc2c(c1)OCO2)c1ccc2nsnc2c1.[Na+]. The van der Waals surface area contributed by atoms with Crippen LogP contribution in [0, 0.1) is 0 Å². The predicted molar refractivity (Wildman–Crippen MR) is 147 cm³/mol. The molecule has 0 saturated carbocycles. The third kappa shape index (κ3) is 6.34. The molecule has 6 rings (SSSR count). The van der Waals surface area contributed by atoms with Crippen LogP contribution in [-0.2, 0) is 17.8 Å². The Balaban J connectivity index is 0.00000337. The van der Waals surface area contributed by atoms with Crippen molar-refractivity contribution < 1.29 is 58.5 Å². The van der Waals surface area contributed by atoms with Gasteiger partial charge in [0.15, 0.2) is 17.3 Å². The number of benzene rings is 4. The van der Waals surface area contributed by atoms with Crippen LogP contribution in [-0.4, -0.2) is 27.3 Å². The second-order valence-electron chi connectivity index (χ2n) is 9.10. The van der Waals surface area contributed by atoms with Gasteiger partial charge in [-0.1, -0.05) is 48.5 Å². The summed E-state index contributed by atoms with van der Waals surface area (Å²) in [7, 11) is 0. The van der Waals surface area contributed by atoms with E-state index < -0.39 is 11.8 Å². The van der Waals surface area contributed by atoms with E-state index in [0.717, 1.165) is 22.9 Å². The zero-order valence-corrected chi connectivity index (χ0v) is 24.9. The van der Waals surface area contributed by atoms with E-state index in [1.54, 1.807) is 48.5 Å². The minimum Gasteiger partial charge on any atom is -0.545 e. The maximum atomic E-state index is 13.9. The average Bonchev–Trinajstić information content (AvgIpc) is 3.65. The van der Waals surface area contributed by atoms with Crippen molar-refractivity contribution in [3.63, 3.8) is 0 Å². The molecule has 0 amide bonds. The number of carboxylic acids is 1. The van der Waals surface area contributed by atoms with Crippen molar-refractivity contribution in [1.29, 1.82) is 0 Å². The van der Waals surface area contributed by atoms with Crippen molar-refractivity contribution in [3.8, 4) is 17.2 Å². The van der Waals surface area contributed by atoms with Gasteiger partial charge in [-0.2, -0.15) is 8.75 Å². The third-order valence-corrected chi connectivity index (χ3v) is 7.07. The molecule has 0 spiro atoms. The van der Waals surface area contributed by atoms with Crippen molar-refractivity contribution >= 4 is 40.1 Å². The van der Waals surface area contributed by atoms with E-state index in [0.29, 0.717) is 40.5 Å². The van der Waals surface area contributed by atoms with Crippen molar-refractivity contribution in [1.82, 2.24) is 8.75 Å². The van der Waals surface area contributed by atoms with Crippen LogP contribution in [0.2, 0.25) is 0 Å². The molecule has 0 saturated heterocycles. The number of aromatic nitrogens is 2. The molecule has 0 fully saturated rings. The number of Topliss-reactive ketones (excluding diaryl/α,β-unsaturated/α-hetero) is 1. The molecule has 0 aliphatic carbocycles. The second-order valence-corrected chi connectivity index (χ2v) is 9.63. The fraction of sp³-hybridized carbons (Fsp3) is 0.0968. The maximum Gasteiger partial charge on any atom is 1.00 e. The van der Waals surface area contributed by atoms with Gasteiger partial charge in [0.2, 0.25) is 6.79 Å². The molecule has 4 aromatic carbocycles. The van der Waals surface area contributed by atoms with Crippen molar-refractivity contribution in [2.24, 2.45) is 0 Å². The molecule has 2 heterocycles. The fourth-order valence-electron chi connectivity index (χ4n) is 4.50. The van der Waals surface area contributed by atoms with Crippen LogP contribution in [0.1, 0.15) is 27.0 Å². The Hall–Kier alpha value is -4.02. The first-order valence-electron chi connectivity index (χ1n) is 12.4. The number of carboxylic acid groups (broad SMARTS) is 1. The summed E-state index contributed by atoms with van der Waals surface area (Å²) in [4.78, 5) is 26.5. The Labute approximate surface area is 261 Å². The van der Waals surface area contributed by atoms with E-state index in [1.165, 1.54) is 0 Å². The normalized spacial score (nSPS) is 12.4. The van der Waals surface area contributed by atoms with Gasteiger partial charge in [0.25, 0.3) is 0 Å². The summed E-state index contributed by atoms with van der Waals surface area (Å²) in [5.74, 6) is -0.320. The van der Waals surface area contributed by atoms with Gasteiger partial charge in [-0.3, -0.25) is 4.79 Å². The number of hydrogen-bond donors (Lipinski definition) is 0. The number of rotatable bonds is 9. The summed E-state index contributed by atoms with van der Waals surface area (Å²) in [6, 6.07) is 26.7. The Bertz CT molecular complexity index is 1750. The predicted octanol–water partition coefficient (Wildman–Crippen LogP) is 1.63. The van der Waals surface area contributed by atoms with Gasteiger partial charge in [0.1, 0.15) is 23.4 Å².